The lowest BCUT2D eigenvalue weighted by atomic mass is 10.1. The molecule has 0 spiro atoms. The quantitative estimate of drug-likeness (QED) is 0.894. The van der Waals surface area contributed by atoms with Gasteiger partial charge in [0.25, 0.3) is 5.91 Å². The van der Waals surface area contributed by atoms with Crippen LogP contribution >= 0.6 is 0 Å². The lowest BCUT2D eigenvalue weighted by molar-refractivity contribution is 0.0858. The number of hydrogen-bond acceptors (Lipinski definition) is 2. The number of ether oxygens (including phenoxy) is 1. The summed E-state index contributed by atoms with van der Waals surface area (Å²) in [7, 11) is 0. The summed E-state index contributed by atoms with van der Waals surface area (Å²) < 4.78 is 5.49. The van der Waals surface area contributed by atoms with Gasteiger partial charge in [-0.3, -0.25) is 4.79 Å². The Morgan fingerprint density at radius 3 is 2.75 bits per heavy atom. The van der Waals surface area contributed by atoms with Crippen LogP contribution in [-0.2, 0) is 4.74 Å². The van der Waals surface area contributed by atoms with E-state index in [1.807, 2.05) is 24.3 Å². The Morgan fingerprint density at radius 2 is 2.15 bits per heavy atom. The van der Waals surface area contributed by atoms with E-state index in [-0.39, 0.29) is 12.0 Å². The van der Waals surface area contributed by atoms with Gasteiger partial charge in [-0.2, -0.15) is 0 Å². The fraction of sp³-hybridized carbons (Fsp3) is 0.471. The predicted octanol–water partition coefficient (Wildman–Crippen LogP) is 3.26. The average molecular weight is 273 g/mol. The second-order valence-corrected chi connectivity index (χ2v) is 5.57. The van der Waals surface area contributed by atoms with Crippen molar-refractivity contribution in [3.8, 4) is 0 Å². The number of hydrogen-bond donors (Lipinski definition) is 1. The fourth-order valence-electron chi connectivity index (χ4n) is 2.16. The van der Waals surface area contributed by atoms with Crippen molar-refractivity contribution in [1.82, 2.24) is 5.32 Å². The zero-order valence-electron chi connectivity index (χ0n) is 12.3. The molecular formula is C17H23NO2. The molecule has 3 nitrogen and oxygen atoms in total. The van der Waals surface area contributed by atoms with Crippen LogP contribution in [0.1, 0.15) is 42.6 Å². The van der Waals surface area contributed by atoms with E-state index in [0.717, 1.165) is 25.0 Å². The monoisotopic (exact) mass is 273 g/mol. The zero-order valence-corrected chi connectivity index (χ0v) is 12.3. The minimum Gasteiger partial charge on any atom is -0.376 e. The first-order valence-electron chi connectivity index (χ1n) is 7.33. The molecule has 1 unspecified atom stereocenters. The molecule has 1 aromatic carbocycles. The maximum absolute atomic E-state index is 12.0. The van der Waals surface area contributed by atoms with Crippen molar-refractivity contribution < 1.29 is 9.53 Å². The van der Waals surface area contributed by atoms with Crippen molar-refractivity contribution in [1.29, 1.82) is 0 Å². The molecular weight excluding hydrogens is 250 g/mol. The lowest BCUT2D eigenvalue weighted by Gasteiger charge is -2.10. The summed E-state index contributed by atoms with van der Waals surface area (Å²) in [6.07, 6.45) is 6.55. The average Bonchev–Trinajstić information content (AvgIpc) is 2.96. The number of rotatable bonds is 5. The van der Waals surface area contributed by atoms with Crippen molar-refractivity contribution in [2.45, 2.75) is 32.8 Å². The van der Waals surface area contributed by atoms with Crippen LogP contribution in [0.5, 0.6) is 0 Å². The van der Waals surface area contributed by atoms with Gasteiger partial charge in [-0.05, 0) is 36.5 Å². The maximum Gasteiger partial charge on any atom is 0.251 e. The minimum absolute atomic E-state index is 0.0279. The van der Waals surface area contributed by atoms with E-state index < -0.39 is 0 Å². The van der Waals surface area contributed by atoms with E-state index in [4.69, 9.17) is 4.74 Å². The molecule has 1 amide bonds. The molecule has 0 aliphatic carbocycles. The molecule has 1 atom stereocenters. The molecule has 108 valence electrons. The minimum atomic E-state index is -0.0279. The first-order chi connectivity index (χ1) is 9.65. The Bertz CT molecular complexity index is 456. The van der Waals surface area contributed by atoms with Gasteiger partial charge in [0.15, 0.2) is 0 Å². The molecule has 0 aromatic heterocycles. The van der Waals surface area contributed by atoms with Gasteiger partial charge in [0.05, 0.1) is 6.10 Å². The van der Waals surface area contributed by atoms with E-state index in [0.29, 0.717) is 18.0 Å². The van der Waals surface area contributed by atoms with Crippen LogP contribution in [0.3, 0.4) is 0 Å². The van der Waals surface area contributed by atoms with Crippen molar-refractivity contribution in [3.05, 3.63) is 41.5 Å². The van der Waals surface area contributed by atoms with Gasteiger partial charge in [-0.25, -0.2) is 0 Å². The van der Waals surface area contributed by atoms with Crippen LogP contribution in [0.25, 0.3) is 6.08 Å². The molecule has 1 fully saturated rings. The van der Waals surface area contributed by atoms with Crippen LogP contribution in [0, 0.1) is 5.92 Å². The van der Waals surface area contributed by atoms with Crippen LogP contribution in [-0.4, -0.2) is 25.2 Å². The summed E-state index contributed by atoms with van der Waals surface area (Å²) in [5, 5.41) is 2.93. The second-order valence-electron chi connectivity index (χ2n) is 5.57. The highest BCUT2D eigenvalue weighted by molar-refractivity contribution is 5.94. The Balaban J connectivity index is 1.86. The van der Waals surface area contributed by atoms with E-state index in [9.17, 15) is 4.79 Å². The van der Waals surface area contributed by atoms with Gasteiger partial charge < -0.3 is 10.1 Å². The zero-order chi connectivity index (χ0) is 14.4. The second kappa shape index (κ2) is 7.25. The number of carbonyl (C=O) groups is 1. The van der Waals surface area contributed by atoms with Crippen LogP contribution in [0.4, 0.5) is 0 Å². The number of benzene rings is 1. The number of nitrogens with one attached hydrogen (secondary N) is 1. The molecule has 0 bridgehead atoms. The SMILES string of the molecule is CC(C)C=Cc1ccc(C(=O)NCC2CCCO2)cc1. The normalized spacial score (nSPS) is 18.9. The molecule has 1 N–H and O–H groups in total. The highest BCUT2D eigenvalue weighted by Crippen LogP contribution is 2.11. The van der Waals surface area contributed by atoms with Crippen molar-refractivity contribution in [3.63, 3.8) is 0 Å². The third-order valence-electron chi connectivity index (χ3n) is 3.36. The smallest absolute Gasteiger partial charge is 0.251 e. The number of allylic oxidation sites excluding steroid dienone is 1. The first kappa shape index (κ1) is 14.8. The van der Waals surface area contributed by atoms with Gasteiger partial charge in [0, 0.05) is 18.7 Å². The Labute approximate surface area is 121 Å². The Morgan fingerprint density at radius 1 is 1.40 bits per heavy atom. The molecule has 1 saturated heterocycles. The molecule has 1 aliphatic rings. The summed E-state index contributed by atoms with van der Waals surface area (Å²) in [6, 6.07) is 7.68. The van der Waals surface area contributed by atoms with E-state index >= 15 is 0 Å². The number of carbonyl (C=O) groups excluding carboxylic acids is 1. The predicted molar refractivity (Wildman–Crippen MR) is 81.6 cm³/mol. The lowest BCUT2D eigenvalue weighted by Crippen LogP contribution is -2.31. The Kier molecular flexibility index (Phi) is 5.36. The van der Waals surface area contributed by atoms with Crippen molar-refractivity contribution in [2.75, 3.05) is 13.2 Å². The molecule has 1 heterocycles. The first-order valence-corrected chi connectivity index (χ1v) is 7.33. The number of amides is 1. The standard InChI is InChI=1S/C17H23NO2/c1-13(2)5-6-14-7-9-15(10-8-14)17(19)18-12-16-4-3-11-20-16/h5-10,13,16H,3-4,11-12H2,1-2H3,(H,18,19). The van der Waals surface area contributed by atoms with E-state index in [1.165, 1.54) is 0 Å². The largest absolute Gasteiger partial charge is 0.376 e. The summed E-state index contributed by atoms with van der Waals surface area (Å²) in [4.78, 5) is 12.0. The van der Waals surface area contributed by atoms with Crippen molar-refractivity contribution in [2.24, 2.45) is 5.92 Å². The summed E-state index contributed by atoms with van der Waals surface area (Å²) in [6.45, 7) is 5.71. The van der Waals surface area contributed by atoms with Crippen LogP contribution < -0.4 is 5.32 Å². The summed E-state index contributed by atoms with van der Waals surface area (Å²) in [5.74, 6) is 0.504. The van der Waals surface area contributed by atoms with Gasteiger partial charge in [-0.1, -0.05) is 38.1 Å². The Hall–Kier alpha value is -1.61. The highest BCUT2D eigenvalue weighted by Gasteiger charge is 2.16. The molecule has 1 aliphatic heterocycles. The third-order valence-corrected chi connectivity index (χ3v) is 3.36. The third kappa shape index (κ3) is 4.49. The molecule has 0 saturated carbocycles. The molecule has 2 rings (SSSR count). The van der Waals surface area contributed by atoms with Gasteiger partial charge in [0.1, 0.15) is 0 Å². The van der Waals surface area contributed by atoms with E-state index in [2.05, 4.69) is 31.3 Å². The molecule has 20 heavy (non-hydrogen) atoms. The van der Waals surface area contributed by atoms with Gasteiger partial charge in [0.2, 0.25) is 0 Å². The molecule has 3 heteroatoms. The fourth-order valence-corrected chi connectivity index (χ4v) is 2.16. The van der Waals surface area contributed by atoms with Crippen LogP contribution in [0.15, 0.2) is 30.3 Å². The topological polar surface area (TPSA) is 38.3 Å². The van der Waals surface area contributed by atoms with E-state index in [1.54, 1.807) is 0 Å². The maximum atomic E-state index is 12.0. The van der Waals surface area contributed by atoms with Crippen LogP contribution in [0.2, 0.25) is 0 Å². The van der Waals surface area contributed by atoms with Gasteiger partial charge >= 0.3 is 0 Å². The summed E-state index contributed by atoms with van der Waals surface area (Å²) in [5.41, 5.74) is 1.82. The highest BCUT2D eigenvalue weighted by atomic mass is 16.5. The van der Waals surface area contributed by atoms with Crippen molar-refractivity contribution >= 4 is 12.0 Å². The summed E-state index contributed by atoms with van der Waals surface area (Å²) >= 11 is 0. The molecule has 0 radical (unpaired) electrons. The molecule has 1 aromatic rings. The van der Waals surface area contributed by atoms with Gasteiger partial charge in [-0.15, -0.1) is 0 Å².